The van der Waals surface area contributed by atoms with E-state index in [-0.39, 0.29) is 11.8 Å². The largest absolute Gasteiger partial charge is 0.358 e. The number of carbonyl (C=O) groups excluding carboxylic acids is 1. The van der Waals surface area contributed by atoms with Gasteiger partial charge < -0.3 is 9.84 Å². The van der Waals surface area contributed by atoms with Gasteiger partial charge in [-0.25, -0.2) is 0 Å². The Kier molecular flexibility index (Phi) is 4.10. The Balaban J connectivity index is 1.77. The van der Waals surface area contributed by atoms with E-state index in [0.717, 1.165) is 33.7 Å². The van der Waals surface area contributed by atoms with E-state index >= 15 is 0 Å². The first-order valence-corrected chi connectivity index (χ1v) is 10.1. The predicted molar refractivity (Wildman–Crippen MR) is 112 cm³/mol. The standard InChI is InChI=1S/C23H20ClN3O2/c1-3-25-22(28)18-12-23(18)21-19(13(2)27-29-21)16-6-4-5-7-17(16)20(26-23)14-8-10-15(24)11-9-14/h4-11,18H,3,12H2,1-2H3,(H,25,28). The molecule has 1 aliphatic heterocycles. The Morgan fingerprint density at radius 1 is 1.21 bits per heavy atom. The minimum atomic E-state index is -0.732. The number of nitrogens with one attached hydrogen (secondary N) is 1. The van der Waals surface area contributed by atoms with Crippen LogP contribution in [-0.2, 0) is 10.3 Å². The van der Waals surface area contributed by atoms with E-state index < -0.39 is 5.54 Å². The molecule has 2 atom stereocenters. The van der Waals surface area contributed by atoms with Crippen molar-refractivity contribution in [1.29, 1.82) is 0 Å². The molecule has 1 saturated carbocycles. The fraction of sp³-hybridized carbons (Fsp3) is 0.261. The average molecular weight is 406 g/mol. The van der Waals surface area contributed by atoms with E-state index in [1.807, 2.05) is 50.2 Å². The third-order valence-electron chi connectivity index (χ3n) is 5.74. The molecule has 5 nitrogen and oxygen atoms in total. The van der Waals surface area contributed by atoms with Gasteiger partial charge in [-0.15, -0.1) is 0 Å². The number of fused-ring (bicyclic) bond motifs is 4. The van der Waals surface area contributed by atoms with E-state index in [1.165, 1.54) is 0 Å². The van der Waals surface area contributed by atoms with Crippen molar-refractivity contribution in [3.63, 3.8) is 0 Å². The van der Waals surface area contributed by atoms with Gasteiger partial charge in [-0.1, -0.05) is 53.2 Å². The van der Waals surface area contributed by atoms with Crippen LogP contribution in [0.4, 0.5) is 0 Å². The molecular weight excluding hydrogens is 386 g/mol. The van der Waals surface area contributed by atoms with Crippen LogP contribution in [-0.4, -0.2) is 23.3 Å². The van der Waals surface area contributed by atoms with Crippen molar-refractivity contribution < 1.29 is 9.32 Å². The van der Waals surface area contributed by atoms with Crippen molar-refractivity contribution in [3.05, 3.63) is 76.1 Å². The zero-order valence-corrected chi connectivity index (χ0v) is 17.0. The maximum atomic E-state index is 12.7. The molecule has 0 radical (unpaired) electrons. The van der Waals surface area contributed by atoms with E-state index in [2.05, 4.69) is 22.6 Å². The maximum Gasteiger partial charge on any atom is 0.226 e. The third kappa shape index (κ3) is 2.72. The van der Waals surface area contributed by atoms with E-state index in [9.17, 15) is 4.79 Å². The van der Waals surface area contributed by atoms with Crippen LogP contribution in [0.2, 0.25) is 5.02 Å². The van der Waals surface area contributed by atoms with Crippen LogP contribution < -0.4 is 5.32 Å². The molecule has 1 fully saturated rings. The van der Waals surface area contributed by atoms with Gasteiger partial charge in [0.15, 0.2) is 5.76 Å². The number of benzene rings is 2. The zero-order chi connectivity index (χ0) is 20.2. The molecule has 0 bridgehead atoms. The second kappa shape index (κ2) is 6.56. The third-order valence-corrected chi connectivity index (χ3v) is 5.99. The van der Waals surface area contributed by atoms with Crippen molar-refractivity contribution in [2.75, 3.05) is 6.54 Å². The average Bonchev–Trinajstić information content (AvgIpc) is 3.36. The molecule has 29 heavy (non-hydrogen) atoms. The second-order valence-electron chi connectivity index (χ2n) is 7.56. The molecule has 2 heterocycles. The minimum Gasteiger partial charge on any atom is -0.358 e. The molecular formula is C23H20ClN3O2. The van der Waals surface area contributed by atoms with Gasteiger partial charge in [0, 0.05) is 22.7 Å². The fourth-order valence-electron chi connectivity index (χ4n) is 4.26. The number of aromatic nitrogens is 1. The normalized spacial score (nSPS) is 21.8. The summed E-state index contributed by atoms with van der Waals surface area (Å²) in [7, 11) is 0. The van der Waals surface area contributed by atoms with Crippen LogP contribution in [0.1, 0.15) is 35.9 Å². The number of hydrogen-bond acceptors (Lipinski definition) is 4. The highest BCUT2D eigenvalue weighted by atomic mass is 35.5. The van der Waals surface area contributed by atoms with Crippen molar-refractivity contribution in [1.82, 2.24) is 10.5 Å². The van der Waals surface area contributed by atoms with Crippen molar-refractivity contribution in [2.45, 2.75) is 25.8 Å². The molecule has 1 N–H and O–H groups in total. The number of hydrogen-bond donors (Lipinski definition) is 1. The van der Waals surface area contributed by atoms with Gasteiger partial charge in [-0.2, -0.15) is 0 Å². The summed E-state index contributed by atoms with van der Waals surface area (Å²) in [6, 6.07) is 15.8. The summed E-state index contributed by atoms with van der Waals surface area (Å²) in [5.74, 6) is 0.408. The Labute approximate surface area is 173 Å². The first kappa shape index (κ1) is 18.1. The lowest BCUT2D eigenvalue weighted by molar-refractivity contribution is -0.122. The summed E-state index contributed by atoms with van der Waals surface area (Å²) < 4.78 is 5.81. The Hall–Kier alpha value is -2.92. The number of rotatable bonds is 3. The zero-order valence-electron chi connectivity index (χ0n) is 16.2. The molecule has 2 aromatic carbocycles. The monoisotopic (exact) mass is 405 g/mol. The SMILES string of the molecule is CCNC(=O)C1CC12N=C(c1ccc(Cl)cc1)c1ccccc1-c1c(C)noc12. The number of nitrogens with zero attached hydrogens (tertiary/aromatic N) is 2. The number of aryl methyl sites for hydroxylation is 1. The van der Waals surface area contributed by atoms with Crippen LogP contribution in [0, 0.1) is 12.8 Å². The van der Waals surface area contributed by atoms with Crippen LogP contribution in [0.15, 0.2) is 58.0 Å². The molecule has 1 aliphatic carbocycles. The molecule has 1 spiro atoms. The van der Waals surface area contributed by atoms with E-state index in [4.69, 9.17) is 21.1 Å². The first-order chi connectivity index (χ1) is 14.0. The molecule has 2 unspecified atom stereocenters. The lowest BCUT2D eigenvalue weighted by Gasteiger charge is -2.12. The van der Waals surface area contributed by atoms with Crippen molar-refractivity contribution in [2.24, 2.45) is 10.9 Å². The van der Waals surface area contributed by atoms with Crippen molar-refractivity contribution >= 4 is 23.2 Å². The van der Waals surface area contributed by atoms with Crippen LogP contribution in [0.25, 0.3) is 11.1 Å². The molecule has 5 rings (SSSR count). The molecule has 1 amide bonds. The van der Waals surface area contributed by atoms with Gasteiger partial charge in [0.1, 0.15) is 5.54 Å². The van der Waals surface area contributed by atoms with Gasteiger partial charge >= 0.3 is 0 Å². The summed E-state index contributed by atoms with van der Waals surface area (Å²) in [5, 5.41) is 7.83. The van der Waals surface area contributed by atoms with Crippen LogP contribution >= 0.6 is 11.6 Å². The Bertz CT molecular complexity index is 1150. The van der Waals surface area contributed by atoms with Gasteiger partial charge in [0.2, 0.25) is 5.91 Å². The van der Waals surface area contributed by atoms with E-state index in [0.29, 0.717) is 23.7 Å². The highest BCUT2D eigenvalue weighted by molar-refractivity contribution is 6.30. The summed E-state index contributed by atoms with van der Waals surface area (Å²) in [4.78, 5) is 17.9. The number of halogens is 1. The fourth-order valence-corrected chi connectivity index (χ4v) is 4.39. The highest BCUT2D eigenvalue weighted by Gasteiger charge is 2.64. The lowest BCUT2D eigenvalue weighted by atomic mass is 9.93. The molecule has 3 aromatic rings. The second-order valence-corrected chi connectivity index (χ2v) is 8.00. The molecule has 146 valence electrons. The predicted octanol–water partition coefficient (Wildman–Crippen LogP) is 4.51. The Morgan fingerprint density at radius 3 is 2.66 bits per heavy atom. The highest BCUT2D eigenvalue weighted by Crippen LogP contribution is 2.60. The topological polar surface area (TPSA) is 67.5 Å². The summed E-state index contributed by atoms with van der Waals surface area (Å²) >= 11 is 6.11. The van der Waals surface area contributed by atoms with Gasteiger partial charge in [-0.3, -0.25) is 9.79 Å². The van der Waals surface area contributed by atoms with E-state index in [1.54, 1.807) is 0 Å². The summed E-state index contributed by atoms with van der Waals surface area (Å²) in [6.45, 7) is 4.44. The van der Waals surface area contributed by atoms with Gasteiger partial charge in [0.25, 0.3) is 0 Å². The molecule has 6 heteroatoms. The first-order valence-electron chi connectivity index (χ1n) is 9.75. The Morgan fingerprint density at radius 2 is 1.93 bits per heavy atom. The smallest absolute Gasteiger partial charge is 0.226 e. The van der Waals surface area contributed by atoms with Crippen LogP contribution in [0.3, 0.4) is 0 Å². The van der Waals surface area contributed by atoms with Crippen molar-refractivity contribution in [3.8, 4) is 11.1 Å². The quantitative estimate of drug-likeness (QED) is 0.697. The summed E-state index contributed by atoms with van der Waals surface area (Å²) in [5.41, 5.74) is 4.84. The molecule has 2 aliphatic rings. The van der Waals surface area contributed by atoms with Gasteiger partial charge in [0.05, 0.1) is 22.9 Å². The lowest BCUT2D eigenvalue weighted by Crippen LogP contribution is -2.28. The molecule has 0 saturated heterocycles. The van der Waals surface area contributed by atoms with Crippen LogP contribution in [0.5, 0.6) is 0 Å². The number of carbonyl (C=O) groups is 1. The maximum absolute atomic E-state index is 12.7. The number of aliphatic imine (C=N–C) groups is 1. The number of amides is 1. The molecule has 1 aromatic heterocycles. The van der Waals surface area contributed by atoms with Gasteiger partial charge in [-0.05, 0) is 38.0 Å². The summed E-state index contributed by atoms with van der Waals surface area (Å²) in [6.07, 6.45) is 0.603. The minimum absolute atomic E-state index is 0.00216.